The monoisotopic (exact) mass is 559 g/mol. The van der Waals surface area contributed by atoms with E-state index in [4.69, 9.17) is 0 Å². The topological polar surface area (TPSA) is 104 Å². The molecule has 1 fully saturated rings. The molecule has 3 amide bonds. The van der Waals surface area contributed by atoms with E-state index in [1.807, 2.05) is 6.07 Å². The van der Waals surface area contributed by atoms with Crippen molar-refractivity contribution in [2.45, 2.75) is 19.3 Å². The minimum Gasteiger partial charge on any atom is -0.352 e. The van der Waals surface area contributed by atoms with Crippen LogP contribution in [0, 0.1) is 11.7 Å². The van der Waals surface area contributed by atoms with Crippen LogP contribution in [0.25, 0.3) is 0 Å². The number of likely N-dealkylation sites (tertiary alicyclic amines) is 1. The molecule has 0 spiro atoms. The molecule has 11 heteroatoms. The largest absolute Gasteiger partial charge is 0.352 e. The van der Waals surface area contributed by atoms with E-state index in [2.05, 4.69) is 36.8 Å². The molecule has 1 saturated heterocycles. The Morgan fingerprint density at radius 2 is 1.80 bits per heavy atom. The third kappa shape index (κ3) is 6.70. The highest BCUT2D eigenvalue weighted by molar-refractivity contribution is 9.10. The number of carbonyl (C=O) groups excluding carboxylic acids is 3. The van der Waals surface area contributed by atoms with E-state index in [1.165, 1.54) is 35.6 Å². The minimum absolute atomic E-state index is 0.149. The highest BCUT2D eigenvalue weighted by atomic mass is 79.9. The number of rotatable bonds is 7. The van der Waals surface area contributed by atoms with E-state index in [1.54, 1.807) is 23.1 Å². The predicted molar refractivity (Wildman–Crippen MR) is 134 cm³/mol. The molecule has 35 heavy (non-hydrogen) atoms. The zero-order chi connectivity index (χ0) is 24.8. The van der Waals surface area contributed by atoms with Crippen LogP contribution < -0.4 is 10.6 Å². The first kappa shape index (κ1) is 24.9. The molecule has 8 nitrogen and oxygen atoms in total. The van der Waals surface area contributed by atoms with E-state index in [9.17, 15) is 18.8 Å². The van der Waals surface area contributed by atoms with Crippen molar-refractivity contribution in [3.63, 3.8) is 0 Å². The van der Waals surface area contributed by atoms with E-state index >= 15 is 0 Å². The molecule has 0 aliphatic carbocycles. The second-order valence-corrected chi connectivity index (χ2v) is 10.1. The van der Waals surface area contributed by atoms with E-state index in [0.717, 1.165) is 4.47 Å². The summed E-state index contributed by atoms with van der Waals surface area (Å²) in [5.74, 6) is -1.10. The summed E-state index contributed by atoms with van der Waals surface area (Å²) in [7, 11) is 0. The normalized spacial score (nSPS) is 13.9. The fraction of sp³-hybridized carbons (Fsp3) is 0.292. The van der Waals surface area contributed by atoms with Gasteiger partial charge in [-0.15, -0.1) is 10.2 Å². The van der Waals surface area contributed by atoms with Crippen molar-refractivity contribution in [2.24, 2.45) is 5.92 Å². The van der Waals surface area contributed by atoms with Gasteiger partial charge in [0.25, 0.3) is 11.8 Å². The molecule has 4 rings (SSSR count). The van der Waals surface area contributed by atoms with Gasteiger partial charge in [-0.05, 0) is 55.3 Å². The highest BCUT2D eigenvalue weighted by Gasteiger charge is 2.28. The summed E-state index contributed by atoms with van der Waals surface area (Å²) < 4.78 is 13.9. The van der Waals surface area contributed by atoms with Crippen LogP contribution in [0.3, 0.4) is 0 Å². The van der Waals surface area contributed by atoms with Crippen LogP contribution >= 0.6 is 27.3 Å². The third-order valence-corrected chi connectivity index (χ3v) is 7.04. The lowest BCUT2D eigenvalue weighted by molar-refractivity contribution is -0.121. The summed E-state index contributed by atoms with van der Waals surface area (Å²) in [5, 5.41) is 14.9. The van der Waals surface area contributed by atoms with Gasteiger partial charge < -0.3 is 15.5 Å². The molecule has 2 N–H and O–H groups in total. The SMILES string of the molecule is O=C(NCCc1nnc(NC(=O)C2CCN(C(=O)c3ccc(F)cc3)CC2)s1)c1cccc(Br)c1. The number of aromatic nitrogens is 2. The second-order valence-electron chi connectivity index (χ2n) is 8.08. The number of piperidine rings is 1. The zero-order valence-corrected chi connectivity index (χ0v) is 21.1. The Bertz CT molecular complexity index is 1210. The molecule has 0 unspecified atom stereocenters. The molecule has 2 heterocycles. The van der Waals surface area contributed by atoms with Gasteiger partial charge in [-0.1, -0.05) is 33.3 Å². The van der Waals surface area contributed by atoms with Crippen molar-refractivity contribution in [1.29, 1.82) is 0 Å². The lowest BCUT2D eigenvalue weighted by atomic mass is 9.95. The molecule has 3 aromatic rings. The molecule has 1 aliphatic rings. The Morgan fingerprint density at radius 1 is 1.06 bits per heavy atom. The fourth-order valence-corrected chi connectivity index (χ4v) is 4.89. The molecule has 182 valence electrons. The number of hydrogen-bond donors (Lipinski definition) is 2. The predicted octanol–water partition coefficient (Wildman–Crippen LogP) is 3.90. The fourth-order valence-electron chi connectivity index (χ4n) is 3.75. The molecule has 2 aromatic carbocycles. The first-order valence-corrected chi connectivity index (χ1v) is 12.7. The van der Waals surface area contributed by atoms with Gasteiger partial charge in [0, 0.05) is 47.6 Å². The lowest BCUT2D eigenvalue weighted by Crippen LogP contribution is -2.41. The summed E-state index contributed by atoms with van der Waals surface area (Å²) in [6.45, 7) is 1.30. The van der Waals surface area contributed by atoms with Crippen LogP contribution in [-0.2, 0) is 11.2 Å². The minimum atomic E-state index is -0.387. The standard InChI is InChI=1S/C24H23BrFN5O3S/c25-18-3-1-2-17(14-18)21(32)27-11-8-20-29-30-24(35-20)28-22(33)15-9-12-31(13-10-15)23(34)16-4-6-19(26)7-5-16/h1-7,14-15H,8-13H2,(H,27,32)(H,28,30,33). The van der Waals surface area contributed by atoms with Gasteiger partial charge in [0.1, 0.15) is 10.8 Å². The van der Waals surface area contributed by atoms with Gasteiger partial charge in [0.15, 0.2) is 0 Å². The lowest BCUT2D eigenvalue weighted by Gasteiger charge is -2.31. The maximum Gasteiger partial charge on any atom is 0.253 e. The van der Waals surface area contributed by atoms with Crippen molar-refractivity contribution in [1.82, 2.24) is 20.4 Å². The Labute approximate surface area is 214 Å². The third-order valence-electron chi connectivity index (χ3n) is 5.65. The highest BCUT2D eigenvalue weighted by Crippen LogP contribution is 2.23. The van der Waals surface area contributed by atoms with Gasteiger partial charge in [0.05, 0.1) is 0 Å². The molecule has 0 atom stereocenters. The number of hydrogen-bond acceptors (Lipinski definition) is 6. The molecule has 1 aliphatic heterocycles. The van der Waals surface area contributed by atoms with E-state index in [0.29, 0.717) is 60.2 Å². The van der Waals surface area contributed by atoms with Crippen LogP contribution in [0.1, 0.15) is 38.6 Å². The number of carbonyl (C=O) groups is 3. The quantitative estimate of drug-likeness (QED) is 0.456. The number of nitrogens with one attached hydrogen (secondary N) is 2. The smallest absolute Gasteiger partial charge is 0.253 e. The van der Waals surface area contributed by atoms with Crippen molar-refractivity contribution in [3.05, 3.63) is 75.0 Å². The van der Waals surface area contributed by atoms with Crippen molar-refractivity contribution < 1.29 is 18.8 Å². The molecular weight excluding hydrogens is 537 g/mol. The Kier molecular flexibility index (Phi) is 8.19. The Balaban J connectivity index is 1.21. The molecular formula is C24H23BrFN5O3S. The maximum absolute atomic E-state index is 13.1. The van der Waals surface area contributed by atoms with Crippen LogP contribution in [0.2, 0.25) is 0 Å². The van der Waals surface area contributed by atoms with Gasteiger partial charge in [-0.2, -0.15) is 0 Å². The van der Waals surface area contributed by atoms with Gasteiger partial charge >= 0.3 is 0 Å². The zero-order valence-electron chi connectivity index (χ0n) is 18.7. The van der Waals surface area contributed by atoms with Crippen LogP contribution in [0.4, 0.5) is 9.52 Å². The summed E-state index contributed by atoms with van der Waals surface area (Å²) >= 11 is 4.62. The number of anilines is 1. The number of nitrogens with zero attached hydrogens (tertiary/aromatic N) is 3. The molecule has 1 aromatic heterocycles. The summed E-state index contributed by atoms with van der Waals surface area (Å²) in [6.07, 6.45) is 1.56. The summed E-state index contributed by atoms with van der Waals surface area (Å²) in [4.78, 5) is 39.1. The van der Waals surface area contributed by atoms with Crippen LogP contribution in [0.5, 0.6) is 0 Å². The Morgan fingerprint density at radius 3 is 2.51 bits per heavy atom. The molecule has 0 saturated carbocycles. The van der Waals surface area contributed by atoms with Crippen LogP contribution in [0.15, 0.2) is 53.0 Å². The molecule has 0 radical (unpaired) electrons. The van der Waals surface area contributed by atoms with Crippen molar-refractivity contribution in [3.8, 4) is 0 Å². The van der Waals surface area contributed by atoms with Crippen molar-refractivity contribution in [2.75, 3.05) is 25.0 Å². The number of benzene rings is 2. The van der Waals surface area contributed by atoms with Crippen molar-refractivity contribution >= 4 is 50.1 Å². The first-order valence-electron chi connectivity index (χ1n) is 11.1. The summed E-state index contributed by atoms with van der Waals surface area (Å²) in [5.41, 5.74) is 0.999. The van der Waals surface area contributed by atoms with Gasteiger partial charge in [0.2, 0.25) is 11.0 Å². The summed E-state index contributed by atoms with van der Waals surface area (Å²) in [6, 6.07) is 12.6. The average Bonchev–Trinajstić information content (AvgIpc) is 3.31. The van der Waals surface area contributed by atoms with E-state index < -0.39 is 0 Å². The maximum atomic E-state index is 13.1. The average molecular weight is 560 g/mol. The van der Waals surface area contributed by atoms with Crippen LogP contribution in [-0.4, -0.2) is 52.5 Å². The number of amides is 3. The van der Waals surface area contributed by atoms with E-state index in [-0.39, 0.29) is 29.5 Å². The van der Waals surface area contributed by atoms with Gasteiger partial charge in [-0.25, -0.2) is 4.39 Å². The number of halogens is 2. The molecule has 0 bridgehead atoms. The first-order chi connectivity index (χ1) is 16.9. The van der Waals surface area contributed by atoms with Gasteiger partial charge in [-0.3, -0.25) is 14.4 Å². The Hall–Kier alpha value is -3.18. The second kappa shape index (κ2) is 11.5.